The number of fused-ring (bicyclic) bond motifs is 1. The van der Waals surface area contributed by atoms with E-state index in [0.29, 0.717) is 48.7 Å². The van der Waals surface area contributed by atoms with Crippen molar-refractivity contribution < 1.29 is 28.5 Å². The molecule has 1 saturated carbocycles. The van der Waals surface area contributed by atoms with Gasteiger partial charge >= 0.3 is 0 Å². The molecule has 0 bridgehead atoms. The molecule has 0 aromatic heterocycles. The number of amides is 1. The number of benzene rings is 1. The number of nitrogens with zero attached hydrogens (tertiary/aromatic N) is 1. The Morgan fingerprint density at radius 3 is 2.69 bits per heavy atom. The molecule has 5 unspecified atom stereocenters. The molecule has 3 heterocycles. The van der Waals surface area contributed by atoms with Gasteiger partial charge in [0.05, 0.1) is 37.4 Å². The molecule has 7 nitrogen and oxygen atoms in total. The lowest BCUT2D eigenvalue weighted by atomic mass is 9.74. The van der Waals surface area contributed by atoms with E-state index < -0.39 is 6.04 Å². The molecule has 1 aromatic carbocycles. The summed E-state index contributed by atoms with van der Waals surface area (Å²) in [6.45, 7) is 8.26. The Bertz CT molecular complexity index is 1030. The summed E-state index contributed by atoms with van der Waals surface area (Å²) in [5.74, 6) is 2.20. The minimum Gasteiger partial charge on any atom is -0.493 e. The van der Waals surface area contributed by atoms with E-state index in [1.165, 1.54) is 0 Å². The maximum Gasteiger partial charge on any atom is 0.290 e. The first-order valence-corrected chi connectivity index (χ1v) is 13.6. The maximum atomic E-state index is 13.9. The van der Waals surface area contributed by atoms with Crippen LogP contribution in [-0.2, 0) is 19.1 Å². The van der Waals surface area contributed by atoms with E-state index in [-0.39, 0.29) is 35.6 Å². The fraction of sp³-hybridized carbons (Fsp3) is 0.655. The van der Waals surface area contributed by atoms with Crippen molar-refractivity contribution in [1.29, 1.82) is 0 Å². The van der Waals surface area contributed by atoms with Crippen LogP contribution in [0, 0.1) is 17.8 Å². The van der Waals surface area contributed by atoms with E-state index in [1.807, 2.05) is 18.2 Å². The molecular weight excluding hydrogens is 458 g/mol. The number of hydrogen-bond acceptors (Lipinski definition) is 6. The highest BCUT2D eigenvalue weighted by molar-refractivity contribution is 6.11. The molecule has 5 atom stereocenters. The van der Waals surface area contributed by atoms with E-state index in [0.717, 1.165) is 44.1 Å². The largest absolute Gasteiger partial charge is 0.493 e. The first-order valence-electron chi connectivity index (χ1n) is 13.6. The van der Waals surface area contributed by atoms with Gasteiger partial charge in [-0.1, -0.05) is 26.8 Å². The van der Waals surface area contributed by atoms with Crippen molar-refractivity contribution in [3.8, 4) is 11.5 Å². The van der Waals surface area contributed by atoms with Crippen molar-refractivity contribution in [3.63, 3.8) is 0 Å². The lowest BCUT2D eigenvalue weighted by Gasteiger charge is -2.37. The second kappa shape index (κ2) is 10.4. The smallest absolute Gasteiger partial charge is 0.290 e. The topological polar surface area (TPSA) is 74.3 Å². The molecule has 196 valence electrons. The van der Waals surface area contributed by atoms with E-state index in [4.69, 9.17) is 18.9 Å². The SMILES string of the molecule is COc1cc(C2C3=C(OC4CCC(C)CC4C3=O)C(=O)N2CC2CCCO2)ccc1OCCC(C)C. The number of rotatable bonds is 8. The second-order valence-corrected chi connectivity index (χ2v) is 11.2. The average Bonchev–Trinajstić information content (AvgIpc) is 3.47. The molecular formula is C29H39NO6. The third kappa shape index (κ3) is 4.74. The van der Waals surface area contributed by atoms with Crippen LogP contribution in [0.25, 0.3) is 0 Å². The van der Waals surface area contributed by atoms with Gasteiger partial charge < -0.3 is 23.8 Å². The Morgan fingerprint density at radius 1 is 1.14 bits per heavy atom. The molecule has 36 heavy (non-hydrogen) atoms. The van der Waals surface area contributed by atoms with Crippen LogP contribution < -0.4 is 9.47 Å². The fourth-order valence-corrected chi connectivity index (χ4v) is 6.05. The summed E-state index contributed by atoms with van der Waals surface area (Å²) in [4.78, 5) is 29.4. The van der Waals surface area contributed by atoms with E-state index in [9.17, 15) is 9.59 Å². The predicted octanol–water partition coefficient (Wildman–Crippen LogP) is 4.84. The number of methoxy groups -OCH3 is 1. The number of carbonyl (C=O) groups excluding carboxylic acids is 2. The summed E-state index contributed by atoms with van der Waals surface area (Å²) < 4.78 is 23.9. The number of Topliss-reactive ketones (excluding diaryl/α,β-unsaturated/α-hetero) is 1. The van der Waals surface area contributed by atoms with Crippen LogP contribution in [0.3, 0.4) is 0 Å². The molecule has 0 N–H and O–H groups in total. The zero-order valence-electron chi connectivity index (χ0n) is 22.0. The summed E-state index contributed by atoms with van der Waals surface area (Å²) >= 11 is 0. The normalized spacial score (nSPS) is 29.9. The minimum atomic E-state index is -0.513. The van der Waals surface area contributed by atoms with Gasteiger partial charge in [0, 0.05) is 13.2 Å². The van der Waals surface area contributed by atoms with Gasteiger partial charge in [-0.05, 0) is 68.1 Å². The molecule has 5 rings (SSSR count). The standard InChI is InChI=1S/C29H39NO6/c1-17(2)11-13-35-23-10-8-19(15-24(23)33-4)26-25-27(31)21-14-18(3)7-9-22(21)36-28(25)29(32)30(26)16-20-6-5-12-34-20/h8,10,15,17-18,20-22,26H,5-7,9,11-14,16H2,1-4H3. The first kappa shape index (κ1) is 25.1. The number of ether oxygens (including phenoxy) is 4. The third-order valence-corrected chi connectivity index (χ3v) is 8.09. The Kier molecular flexibility index (Phi) is 7.29. The van der Waals surface area contributed by atoms with Crippen LogP contribution in [0.2, 0.25) is 0 Å². The van der Waals surface area contributed by atoms with Crippen LogP contribution >= 0.6 is 0 Å². The van der Waals surface area contributed by atoms with Gasteiger partial charge in [0.25, 0.3) is 5.91 Å². The lowest BCUT2D eigenvalue weighted by Crippen LogP contribution is -2.41. The van der Waals surface area contributed by atoms with Gasteiger partial charge in [-0.2, -0.15) is 0 Å². The van der Waals surface area contributed by atoms with Gasteiger partial charge in [0.2, 0.25) is 0 Å². The van der Waals surface area contributed by atoms with Gasteiger partial charge in [-0.3, -0.25) is 9.59 Å². The van der Waals surface area contributed by atoms with Crippen LogP contribution in [-0.4, -0.2) is 55.7 Å². The monoisotopic (exact) mass is 497 g/mol. The molecule has 2 fully saturated rings. The molecule has 3 aliphatic heterocycles. The molecule has 0 spiro atoms. The van der Waals surface area contributed by atoms with Crippen molar-refractivity contribution in [2.45, 2.75) is 77.5 Å². The first-order chi connectivity index (χ1) is 17.4. The number of hydrogen-bond donors (Lipinski definition) is 0. The third-order valence-electron chi connectivity index (χ3n) is 8.09. The molecule has 1 saturated heterocycles. The van der Waals surface area contributed by atoms with Crippen LogP contribution in [0.1, 0.15) is 70.9 Å². The quantitative estimate of drug-likeness (QED) is 0.512. The van der Waals surface area contributed by atoms with Gasteiger partial charge in [0.15, 0.2) is 23.0 Å². The Morgan fingerprint density at radius 2 is 1.97 bits per heavy atom. The van der Waals surface area contributed by atoms with E-state index >= 15 is 0 Å². The van der Waals surface area contributed by atoms with E-state index in [2.05, 4.69) is 20.8 Å². The summed E-state index contributed by atoms with van der Waals surface area (Å²) in [6.07, 6.45) is 5.24. The molecule has 7 heteroatoms. The highest BCUT2D eigenvalue weighted by Gasteiger charge is 2.53. The molecule has 0 radical (unpaired) electrons. The highest BCUT2D eigenvalue weighted by atomic mass is 16.5. The van der Waals surface area contributed by atoms with Crippen LogP contribution in [0.15, 0.2) is 29.5 Å². The predicted molar refractivity (Wildman–Crippen MR) is 135 cm³/mol. The van der Waals surface area contributed by atoms with Crippen molar-refractivity contribution in [3.05, 3.63) is 35.1 Å². The van der Waals surface area contributed by atoms with Gasteiger partial charge in [-0.25, -0.2) is 0 Å². The van der Waals surface area contributed by atoms with Crippen molar-refractivity contribution >= 4 is 11.7 Å². The highest BCUT2D eigenvalue weighted by Crippen LogP contribution is 2.48. The maximum absolute atomic E-state index is 13.9. The van der Waals surface area contributed by atoms with Crippen molar-refractivity contribution in [1.82, 2.24) is 4.90 Å². The van der Waals surface area contributed by atoms with Gasteiger partial charge in [0.1, 0.15) is 6.10 Å². The van der Waals surface area contributed by atoms with E-state index in [1.54, 1.807) is 12.0 Å². The number of ketones is 1. The Labute approximate surface area is 214 Å². The molecule has 4 aliphatic rings. The van der Waals surface area contributed by atoms with Crippen molar-refractivity contribution in [2.24, 2.45) is 17.8 Å². The minimum absolute atomic E-state index is 0.0317. The second-order valence-electron chi connectivity index (χ2n) is 11.2. The van der Waals surface area contributed by atoms with Crippen molar-refractivity contribution in [2.75, 3.05) is 26.9 Å². The lowest BCUT2D eigenvalue weighted by molar-refractivity contribution is -0.136. The average molecular weight is 498 g/mol. The molecule has 1 aromatic rings. The Balaban J connectivity index is 1.50. The summed E-state index contributed by atoms with van der Waals surface area (Å²) in [5.41, 5.74) is 1.34. The zero-order chi connectivity index (χ0) is 25.4. The summed E-state index contributed by atoms with van der Waals surface area (Å²) in [5, 5.41) is 0. The Hall–Kier alpha value is -2.54. The fourth-order valence-electron chi connectivity index (χ4n) is 6.05. The van der Waals surface area contributed by atoms with Crippen LogP contribution in [0.4, 0.5) is 0 Å². The summed E-state index contributed by atoms with van der Waals surface area (Å²) in [6, 6.07) is 5.23. The zero-order valence-corrected chi connectivity index (χ0v) is 22.0. The van der Waals surface area contributed by atoms with Gasteiger partial charge in [-0.15, -0.1) is 0 Å². The van der Waals surface area contributed by atoms with Crippen LogP contribution in [0.5, 0.6) is 11.5 Å². The molecule has 1 amide bonds. The number of carbonyl (C=O) groups is 2. The summed E-state index contributed by atoms with van der Waals surface area (Å²) in [7, 11) is 1.62. The molecule has 1 aliphatic carbocycles.